The molecule has 1 aliphatic rings. The molecule has 0 radical (unpaired) electrons. The molecular weight excluding hydrogens is 370 g/mol. The van der Waals surface area contributed by atoms with Crippen LogP contribution in [0.5, 0.6) is 0 Å². The number of hydrogen-bond donors (Lipinski definition) is 0. The molecule has 0 unspecified atom stereocenters. The Bertz CT molecular complexity index is 769. The van der Waals surface area contributed by atoms with Crippen LogP contribution < -0.4 is 0 Å². The predicted molar refractivity (Wildman–Crippen MR) is 101 cm³/mol. The third-order valence-electron chi connectivity index (χ3n) is 4.53. The van der Waals surface area contributed by atoms with Gasteiger partial charge in [-0.2, -0.15) is 4.31 Å². The number of carbonyl (C=O) groups is 2. The highest BCUT2D eigenvalue weighted by Gasteiger charge is 2.31. The zero-order chi connectivity index (χ0) is 20.0. The highest BCUT2D eigenvalue weighted by molar-refractivity contribution is 7.89. The molecule has 1 aromatic rings. The Labute approximate surface area is 160 Å². The van der Waals surface area contributed by atoms with Crippen LogP contribution in [0.25, 0.3) is 0 Å². The average Bonchev–Trinajstić information content (AvgIpc) is 2.69. The van der Waals surface area contributed by atoms with Gasteiger partial charge in [-0.25, -0.2) is 13.2 Å². The van der Waals surface area contributed by atoms with Crippen molar-refractivity contribution in [3.05, 3.63) is 29.8 Å². The molecule has 1 aliphatic heterocycles. The van der Waals surface area contributed by atoms with Gasteiger partial charge in [0.1, 0.15) is 0 Å². The Morgan fingerprint density at radius 3 is 2.26 bits per heavy atom. The van der Waals surface area contributed by atoms with E-state index in [1.165, 1.54) is 21.3 Å². The van der Waals surface area contributed by atoms with Crippen molar-refractivity contribution < 1.29 is 22.7 Å². The Kier molecular flexibility index (Phi) is 7.20. The zero-order valence-corrected chi connectivity index (χ0v) is 16.9. The summed E-state index contributed by atoms with van der Waals surface area (Å²) in [5.41, 5.74) is 0.352. The summed E-state index contributed by atoms with van der Waals surface area (Å²) < 4.78 is 32.2. The maximum atomic E-state index is 12.9. The summed E-state index contributed by atoms with van der Waals surface area (Å²) in [7, 11) is -3.73. The maximum Gasteiger partial charge on any atom is 0.409 e. The van der Waals surface area contributed by atoms with Crippen molar-refractivity contribution in [3.63, 3.8) is 0 Å². The van der Waals surface area contributed by atoms with Crippen LogP contribution in [-0.4, -0.2) is 80.4 Å². The zero-order valence-electron chi connectivity index (χ0n) is 16.1. The molecule has 0 spiro atoms. The first kappa shape index (κ1) is 21.2. The smallest absolute Gasteiger partial charge is 0.409 e. The first-order chi connectivity index (χ1) is 12.8. The van der Waals surface area contributed by atoms with Crippen LogP contribution in [0.15, 0.2) is 29.2 Å². The average molecular weight is 397 g/mol. The van der Waals surface area contributed by atoms with Crippen LogP contribution >= 0.6 is 0 Å². The van der Waals surface area contributed by atoms with Crippen molar-refractivity contribution in [2.45, 2.75) is 25.7 Å². The van der Waals surface area contributed by atoms with E-state index >= 15 is 0 Å². The van der Waals surface area contributed by atoms with E-state index in [9.17, 15) is 18.0 Å². The van der Waals surface area contributed by atoms with Crippen molar-refractivity contribution in [1.29, 1.82) is 0 Å². The Hall–Kier alpha value is -2.13. The van der Waals surface area contributed by atoms with Gasteiger partial charge in [0, 0.05) is 44.8 Å². The van der Waals surface area contributed by atoms with Crippen LogP contribution in [0.4, 0.5) is 4.79 Å². The van der Waals surface area contributed by atoms with Gasteiger partial charge in [0.2, 0.25) is 10.0 Å². The molecule has 0 atom stereocenters. The van der Waals surface area contributed by atoms with Gasteiger partial charge in [0.25, 0.3) is 5.91 Å². The molecule has 0 saturated carbocycles. The summed E-state index contributed by atoms with van der Waals surface area (Å²) in [6.07, 6.45) is -0.429. The number of carbonyl (C=O) groups excluding carboxylic acids is 2. The molecule has 0 aliphatic carbocycles. The lowest BCUT2D eigenvalue weighted by Crippen LogP contribution is -2.50. The predicted octanol–water partition coefficient (Wildman–Crippen LogP) is 1.63. The number of sulfonamides is 1. The van der Waals surface area contributed by atoms with E-state index < -0.39 is 16.1 Å². The number of ether oxygens (including phenoxy) is 1. The summed E-state index contributed by atoms with van der Waals surface area (Å²) in [4.78, 5) is 27.5. The minimum atomic E-state index is -3.73. The first-order valence-corrected chi connectivity index (χ1v) is 10.6. The SMILES string of the molecule is CCOC(=O)N1CCN(S(=O)(=O)c2cccc(C(=O)N(CC)CC)c2)CC1. The molecule has 0 N–H and O–H groups in total. The molecule has 2 rings (SSSR count). The van der Waals surface area contributed by atoms with Gasteiger partial charge in [0.05, 0.1) is 11.5 Å². The van der Waals surface area contributed by atoms with Crippen molar-refractivity contribution in [2.75, 3.05) is 45.9 Å². The summed E-state index contributed by atoms with van der Waals surface area (Å²) in [6.45, 7) is 7.81. The number of nitrogens with zero attached hydrogens (tertiary/aromatic N) is 3. The molecule has 0 bridgehead atoms. The first-order valence-electron chi connectivity index (χ1n) is 9.16. The lowest BCUT2D eigenvalue weighted by atomic mass is 10.2. The van der Waals surface area contributed by atoms with E-state index in [4.69, 9.17) is 4.74 Å². The molecule has 150 valence electrons. The quantitative estimate of drug-likeness (QED) is 0.728. The Morgan fingerprint density at radius 1 is 1.07 bits per heavy atom. The van der Waals surface area contributed by atoms with Gasteiger partial charge in [-0.05, 0) is 39.0 Å². The van der Waals surface area contributed by atoms with Crippen LogP contribution in [0, 0.1) is 0 Å². The Balaban J connectivity index is 2.15. The second kappa shape index (κ2) is 9.18. The van der Waals surface area contributed by atoms with Gasteiger partial charge in [0.15, 0.2) is 0 Å². The monoisotopic (exact) mass is 397 g/mol. The van der Waals surface area contributed by atoms with Gasteiger partial charge >= 0.3 is 6.09 Å². The van der Waals surface area contributed by atoms with Crippen LogP contribution in [0.2, 0.25) is 0 Å². The molecular formula is C18H27N3O5S. The molecule has 27 heavy (non-hydrogen) atoms. The fourth-order valence-corrected chi connectivity index (χ4v) is 4.43. The lowest BCUT2D eigenvalue weighted by molar-refractivity contribution is 0.0772. The van der Waals surface area contributed by atoms with Gasteiger partial charge < -0.3 is 14.5 Å². The molecule has 1 fully saturated rings. The van der Waals surface area contributed by atoms with Crippen molar-refractivity contribution >= 4 is 22.0 Å². The highest BCUT2D eigenvalue weighted by atomic mass is 32.2. The van der Waals surface area contributed by atoms with E-state index in [1.54, 1.807) is 24.0 Å². The summed E-state index contributed by atoms with van der Waals surface area (Å²) in [5, 5.41) is 0. The number of rotatable bonds is 6. The molecule has 1 heterocycles. The van der Waals surface area contributed by atoms with E-state index in [0.29, 0.717) is 18.7 Å². The van der Waals surface area contributed by atoms with Crippen molar-refractivity contribution in [2.24, 2.45) is 0 Å². The second-order valence-electron chi connectivity index (χ2n) is 6.10. The number of amides is 2. The van der Waals surface area contributed by atoms with Crippen LogP contribution in [0.1, 0.15) is 31.1 Å². The van der Waals surface area contributed by atoms with Gasteiger partial charge in [-0.1, -0.05) is 6.07 Å². The summed E-state index contributed by atoms with van der Waals surface area (Å²) in [6, 6.07) is 6.12. The van der Waals surface area contributed by atoms with Gasteiger partial charge in [-0.3, -0.25) is 4.79 Å². The van der Waals surface area contributed by atoms with Gasteiger partial charge in [-0.15, -0.1) is 0 Å². The van der Waals surface area contributed by atoms with E-state index in [-0.39, 0.29) is 43.6 Å². The number of piperazine rings is 1. The Morgan fingerprint density at radius 2 is 1.70 bits per heavy atom. The third kappa shape index (κ3) is 4.78. The normalized spacial score (nSPS) is 15.4. The standard InChI is InChI=1S/C18H27N3O5S/c1-4-19(5-2)17(22)15-8-7-9-16(14-15)27(24,25)21-12-10-20(11-13-21)18(23)26-6-3/h7-9,14H,4-6,10-13H2,1-3H3. The second-order valence-corrected chi connectivity index (χ2v) is 8.03. The summed E-state index contributed by atoms with van der Waals surface area (Å²) >= 11 is 0. The summed E-state index contributed by atoms with van der Waals surface area (Å²) in [5.74, 6) is -0.191. The topological polar surface area (TPSA) is 87.2 Å². The minimum Gasteiger partial charge on any atom is -0.450 e. The molecule has 1 saturated heterocycles. The van der Waals surface area contributed by atoms with Crippen molar-refractivity contribution in [1.82, 2.24) is 14.1 Å². The van der Waals surface area contributed by atoms with E-state index in [0.717, 1.165) is 0 Å². The number of hydrogen-bond acceptors (Lipinski definition) is 5. The molecule has 0 aromatic heterocycles. The largest absolute Gasteiger partial charge is 0.450 e. The third-order valence-corrected chi connectivity index (χ3v) is 6.43. The van der Waals surface area contributed by atoms with E-state index in [2.05, 4.69) is 0 Å². The van der Waals surface area contributed by atoms with Crippen LogP contribution in [-0.2, 0) is 14.8 Å². The molecule has 8 nitrogen and oxygen atoms in total. The molecule has 2 amide bonds. The highest BCUT2D eigenvalue weighted by Crippen LogP contribution is 2.20. The van der Waals surface area contributed by atoms with E-state index in [1.807, 2.05) is 13.8 Å². The molecule has 9 heteroatoms. The lowest BCUT2D eigenvalue weighted by Gasteiger charge is -2.33. The molecule has 1 aromatic carbocycles. The fraction of sp³-hybridized carbons (Fsp3) is 0.556. The minimum absolute atomic E-state index is 0.0880. The maximum absolute atomic E-state index is 12.9. The van der Waals surface area contributed by atoms with Crippen LogP contribution in [0.3, 0.4) is 0 Å². The number of benzene rings is 1. The fourth-order valence-electron chi connectivity index (χ4n) is 2.96. The van der Waals surface area contributed by atoms with Crippen molar-refractivity contribution in [3.8, 4) is 0 Å².